The van der Waals surface area contributed by atoms with Crippen LogP contribution in [0, 0.1) is 11.6 Å². The molecule has 186 valence electrons. The lowest BCUT2D eigenvalue weighted by Gasteiger charge is -2.50. The summed E-state index contributed by atoms with van der Waals surface area (Å²) in [7, 11) is 5.75. The molecule has 0 unspecified atom stereocenters. The van der Waals surface area contributed by atoms with Gasteiger partial charge in [-0.2, -0.15) is 4.98 Å². The number of aromatic nitrogens is 3. The highest BCUT2D eigenvalue weighted by Gasteiger charge is 2.48. The van der Waals surface area contributed by atoms with Gasteiger partial charge in [0.15, 0.2) is 11.6 Å². The second-order valence-corrected chi connectivity index (χ2v) is 8.89. The van der Waals surface area contributed by atoms with Crippen molar-refractivity contribution in [1.29, 1.82) is 0 Å². The van der Waals surface area contributed by atoms with E-state index in [1.807, 2.05) is 38.4 Å². The molecular weight excluding hydrogens is 466 g/mol. The van der Waals surface area contributed by atoms with Crippen molar-refractivity contribution >= 4 is 34.0 Å². The van der Waals surface area contributed by atoms with Crippen LogP contribution in [0.5, 0.6) is 5.75 Å². The van der Waals surface area contributed by atoms with Gasteiger partial charge in [0.05, 0.1) is 11.9 Å². The number of ether oxygens (including phenoxy) is 2. The summed E-state index contributed by atoms with van der Waals surface area (Å²) < 4.78 is 39.0. The van der Waals surface area contributed by atoms with Crippen molar-refractivity contribution in [3.63, 3.8) is 0 Å². The molecule has 0 spiro atoms. The molecule has 1 aliphatic carbocycles. The van der Waals surface area contributed by atoms with Crippen molar-refractivity contribution in [3.05, 3.63) is 72.6 Å². The summed E-state index contributed by atoms with van der Waals surface area (Å²) in [6.45, 7) is 0. The Morgan fingerprint density at radius 3 is 2.47 bits per heavy atom. The van der Waals surface area contributed by atoms with Crippen LogP contribution >= 0.6 is 0 Å². The predicted molar refractivity (Wildman–Crippen MR) is 134 cm³/mol. The second kappa shape index (κ2) is 9.63. The standard InChI is InChI=1S/C26H26F2N6O2/c1-34(2)26(35-3)13-20(14-26)36-19-7-5-17(6-8-19)32-25-29-11-10-22(33-25)31-18-12-16-4-9-21(27)23(28)24(16)30-15-18/h4-12,15,20H,13-14H2,1-3H3,(H2,29,31,32,33). The first-order valence-corrected chi connectivity index (χ1v) is 11.5. The van der Waals surface area contributed by atoms with Crippen LogP contribution in [0.25, 0.3) is 10.9 Å². The molecule has 5 rings (SSSR count). The Labute approximate surface area is 207 Å². The van der Waals surface area contributed by atoms with Gasteiger partial charge < -0.3 is 20.1 Å². The number of anilines is 4. The third kappa shape index (κ3) is 4.77. The normalized spacial score (nSPS) is 19.2. The molecule has 2 N–H and O–H groups in total. The van der Waals surface area contributed by atoms with Gasteiger partial charge in [-0.1, -0.05) is 0 Å². The number of rotatable bonds is 8. The third-order valence-corrected chi connectivity index (χ3v) is 6.37. The molecule has 1 aliphatic rings. The number of benzene rings is 2. The monoisotopic (exact) mass is 492 g/mol. The first-order chi connectivity index (χ1) is 17.3. The SMILES string of the molecule is COC1(N(C)C)CC(Oc2ccc(Nc3nccc(Nc4cnc5c(F)c(F)ccc5c4)n3)cc2)C1. The highest BCUT2D eigenvalue weighted by atomic mass is 19.2. The molecule has 0 atom stereocenters. The highest BCUT2D eigenvalue weighted by Crippen LogP contribution is 2.39. The number of fused-ring (bicyclic) bond motifs is 1. The summed E-state index contributed by atoms with van der Waals surface area (Å²) in [4.78, 5) is 14.8. The van der Waals surface area contributed by atoms with Gasteiger partial charge in [0.1, 0.15) is 28.9 Å². The maximum atomic E-state index is 13.9. The number of hydrogen-bond donors (Lipinski definition) is 2. The van der Waals surface area contributed by atoms with Crippen LogP contribution in [0.1, 0.15) is 12.8 Å². The van der Waals surface area contributed by atoms with E-state index in [4.69, 9.17) is 9.47 Å². The van der Waals surface area contributed by atoms with Crippen LogP contribution in [0.3, 0.4) is 0 Å². The molecule has 0 aliphatic heterocycles. The van der Waals surface area contributed by atoms with Crippen LogP contribution < -0.4 is 15.4 Å². The van der Waals surface area contributed by atoms with Gasteiger partial charge in [-0.15, -0.1) is 0 Å². The lowest BCUT2D eigenvalue weighted by Crippen LogP contribution is -2.59. The van der Waals surface area contributed by atoms with Gasteiger partial charge in [-0.05, 0) is 62.6 Å². The van der Waals surface area contributed by atoms with E-state index in [1.165, 1.54) is 12.3 Å². The lowest BCUT2D eigenvalue weighted by molar-refractivity contribution is -0.204. The fourth-order valence-electron chi connectivity index (χ4n) is 4.23. The number of nitrogens with zero attached hydrogens (tertiary/aromatic N) is 4. The van der Waals surface area contributed by atoms with E-state index >= 15 is 0 Å². The molecule has 1 saturated carbocycles. The predicted octanol–water partition coefficient (Wildman–Crippen LogP) is 5.24. The zero-order valence-electron chi connectivity index (χ0n) is 20.1. The van der Waals surface area contributed by atoms with E-state index in [9.17, 15) is 8.78 Å². The molecule has 1 fully saturated rings. The van der Waals surface area contributed by atoms with Crippen LogP contribution in [0.15, 0.2) is 60.9 Å². The van der Waals surface area contributed by atoms with E-state index in [2.05, 4.69) is 30.5 Å². The molecule has 2 aromatic carbocycles. The Balaban J connectivity index is 1.21. The Bertz CT molecular complexity index is 1380. The molecule has 2 aromatic heterocycles. The van der Waals surface area contributed by atoms with Gasteiger partial charge in [-0.3, -0.25) is 9.88 Å². The van der Waals surface area contributed by atoms with Crippen molar-refractivity contribution in [2.75, 3.05) is 31.8 Å². The Kier molecular flexibility index (Phi) is 6.38. The van der Waals surface area contributed by atoms with E-state index in [0.29, 0.717) is 22.8 Å². The van der Waals surface area contributed by atoms with Crippen molar-refractivity contribution in [1.82, 2.24) is 19.9 Å². The first-order valence-electron chi connectivity index (χ1n) is 11.5. The Morgan fingerprint density at radius 1 is 0.972 bits per heavy atom. The highest BCUT2D eigenvalue weighted by molar-refractivity contribution is 5.83. The quantitative estimate of drug-likeness (QED) is 0.323. The minimum Gasteiger partial charge on any atom is -0.490 e. The number of pyridine rings is 1. The smallest absolute Gasteiger partial charge is 0.229 e. The zero-order valence-corrected chi connectivity index (χ0v) is 20.1. The molecule has 0 amide bonds. The second-order valence-electron chi connectivity index (χ2n) is 8.89. The van der Waals surface area contributed by atoms with Crippen molar-refractivity contribution < 1.29 is 18.3 Å². The van der Waals surface area contributed by atoms with Gasteiger partial charge >= 0.3 is 0 Å². The van der Waals surface area contributed by atoms with Crippen molar-refractivity contribution in [3.8, 4) is 5.75 Å². The summed E-state index contributed by atoms with van der Waals surface area (Å²) in [6, 6.07) is 13.5. The van der Waals surface area contributed by atoms with Crippen LogP contribution in [0.2, 0.25) is 0 Å². The van der Waals surface area contributed by atoms with Gasteiger partial charge in [-0.25, -0.2) is 13.8 Å². The van der Waals surface area contributed by atoms with E-state index in [0.717, 1.165) is 30.3 Å². The molecule has 10 heteroatoms. The van der Waals surface area contributed by atoms with Crippen molar-refractivity contribution in [2.24, 2.45) is 0 Å². The molecular formula is C26H26F2N6O2. The van der Waals surface area contributed by atoms with Gasteiger partial charge in [0, 0.05) is 37.2 Å². The zero-order chi connectivity index (χ0) is 25.3. The lowest BCUT2D eigenvalue weighted by atomic mass is 9.83. The number of hydrogen-bond acceptors (Lipinski definition) is 8. The van der Waals surface area contributed by atoms with Gasteiger partial charge in [0.2, 0.25) is 5.95 Å². The largest absolute Gasteiger partial charge is 0.490 e. The minimum atomic E-state index is -0.965. The fourth-order valence-corrected chi connectivity index (χ4v) is 4.23. The minimum absolute atomic E-state index is 0.0222. The molecule has 0 bridgehead atoms. The molecule has 4 aromatic rings. The average Bonchev–Trinajstić information content (AvgIpc) is 2.84. The molecule has 8 nitrogen and oxygen atoms in total. The fraction of sp³-hybridized carbons (Fsp3) is 0.269. The molecule has 0 saturated heterocycles. The first kappa shape index (κ1) is 23.8. The maximum Gasteiger partial charge on any atom is 0.229 e. The Morgan fingerprint density at radius 2 is 1.75 bits per heavy atom. The number of halogens is 2. The van der Waals surface area contributed by atoms with E-state index in [-0.39, 0.29) is 17.3 Å². The molecule has 36 heavy (non-hydrogen) atoms. The number of methoxy groups -OCH3 is 1. The van der Waals surface area contributed by atoms with Crippen LogP contribution in [-0.4, -0.2) is 52.9 Å². The Hall–Kier alpha value is -3.89. The third-order valence-electron chi connectivity index (χ3n) is 6.37. The van der Waals surface area contributed by atoms with Crippen LogP contribution in [0.4, 0.5) is 31.9 Å². The topological polar surface area (TPSA) is 84.4 Å². The average molecular weight is 493 g/mol. The van der Waals surface area contributed by atoms with Crippen LogP contribution in [-0.2, 0) is 4.74 Å². The summed E-state index contributed by atoms with van der Waals surface area (Å²) in [5.41, 5.74) is 1.12. The van der Waals surface area contributed by atoms with Gasteiger partial charge in [0.25, 0.3) is 0 Å². The molecule has 0 radical (unpaired) electrons. The maximum absolute atomic E-state index is 13.9. The summed E-state index contributed by atoms with van der Waals surface area (Å²) in [5, 5.41) is 6.76. The summed E-state index contributed by atoms with van der Waals surface area (Å²) in [6.07, 6.45) is 4.76. The summed E-state index contributed by atoms with van der Waals surface area (Å²) in [5.74, 6) is -0.199. The molecule has 2 heterocycles. The number of nitrogens with one attached hydrogen (secondary N) is 2. The van der Waals surface area contributed by atoms with E-state index < -0.39 is 11.6 Å². The van der Waals surface area contributed by atoms with Crippen molar-refractivity contribution in [2.45, 2.75) is 24.7 Å². The van der Waals surface area contributed by atoms with E-state index in [1.54, 1.807) is 25.4 Å². The summed E-state index contributed by atoms with van der Waals surface area (Å²) >= 11 is 0.